The number of rotatable bonds is 9. The number of benzene rings is 2. The Morgan fingerprint density at radius 3 is 2.29 bits per heavy atom. The van der Waals surface area contributed by atoms with Crippen molar-refractivity contribution in [3.63, 3.8) is 0 Å². The van der Waals surface area contributed by atoms with E-state index in [4.69, 9.17) is 28.4 Å². The summed E-state index contributed by atoms with van der Waals surface area (Å²) < 4.78 is 33.7. The van der Waals surface area contributed by atoms with E-state index in [9.17, 15) is 24.6 Å². The molecule has 4 atom stereocenters. The number of aryl methyl sites for hydroxylation is 2. The van der Waals surface area contributed by atoms with Crippen molar-refractivity contribution in [2.45, 2.75) is 55.3 Å². The van der Waals surface area contributed by atoms with Crippen LogP contribution in [0.2, 0.25) is 0 Å². The van der Waals surface area contributed by atoms with Crippen molar-refractivity contribution in [1.82, 2.24) is 4.90 Å². The number of fused-ring (bicyclic) bond motifs is 2. The zero-order valence-corrected chi connectivity index (χ0v) is 23.1. The normalized spacial score (nSPS) is 29.4. The highest BCUT2D eigenvalue weighted by molar-refractivity contribution is 5.92. The highest BCUT2D eigenvalue weighted by Crippen LogP contribution is 2.49. The molecule has 0 aliphatic carbocycles. The molecule has 0 aromatic heterocycles. The summed E-state index contributed by atoms with van der Waals surface area (Å²) in [5, 5.41) is 21.7. The third-order valence-electron chi connectivity index (χ3n) is 7.86. The minimum Gasteiger partial charge on any atom is -0.497 e. The third kappa shape index (κ3) is 5.07. The van der Waals surface area contributed by atoms with Crippen molar-refractivity contribution in [3.8, 4) is 17.2 Å². The molecule has 2 N–H and O–H groups in total. The number of ether oxygens (including phenoxy) is 6. The molecule has 3 aliphatic rings. The van der Waals surface area contributed by atoms with Crippen molar-refractivity contribution in [2.75, 3.05) is 34.4 Å². The molecule has 0 amide bonds. The fraction of sp³-hybridized carbons (Fsp3) is 0.483. The van der Waals surface area contributed by atoms with Crippen LogP contribution in [-0.4, -0.2) is 90.7 Å². The van der Waals surface area contributed by atoms with Crippen molar-refractivity contribution < 1.29 is 53.0 Å². The van der Waals surface area contributed by atoms with E-state index < -0.39 is 54.0 Å². The Hall–Kier alpha value is -3.87. The molecular formula is C29H33NO11. The number of aliphatic hydroxyl groups is 2. The number of nitrogens with zero attached hydrogens (tertiary/aromatic N) is 1. The zero-order chi connectivity index (χ0) is 29.4. The first-order chi connectivity index (χ1) is 19.5. The van der Waals surface area contributed by atoms with Crippen molar-refractivity contribution in [1.29, 1.82) is 0 Å². The molecule has 2 aromatic carbocycles. The quantitative estimate of drug-likeness (QED) is 0.415. The van der Waals surface area contributed by atoms with Crippen LogP contribution in [0.4, 0.5) is 0 Å². The molecule has 12 heteroatoms. The van der Waals surface area contributed by atoms with Gasteiger partial charge in [0.15, 0.2) is 5.60 Å². The molecule has 0 saturated carbocycles. The summed E-state index contributed by atoms with van der Waals surface area (Å²) in [6, 6.07) is 13.1. The van der Waals surface area contributed by atoms with Crippen molar-refractivity contribution >= 4 is 17.9 Å². The molecular weight excluding hydrogens is 538 g/mol. The summed E-state index contributed by atoms with van der Waals surface area (Å²) in [5.74, 6) is -3.61. The second-order valence-corrected chi connectivity index (χ2v) is 10.5. The lowest BCUT2D eigenvalue weighted by molar-refractivity contribution is -0.331. The summed E-state index contributed by atoms with van der Waals surface area (Å²) in [7, 11) is 4.73. The number of hydrogen-bond donors (Lipinski definition) is 2. The topological polar surface area (TPSA) is 150 Å². The second-order valence-electron chi connectivity index (χ2n) is 10.5. The number of esters is 3. The molecule has 3 saturated heterocycles. The van der Waals surface area contributed by atoms with Crippen LogP contribution in [0.25, 0.3) is 0 Å². The molecule has 2 unspecified atom stereocenters. The maximum absolute atomic E-state index is 12.9. The maximum atomic E-state index is 12.9. The fourth-order valence-corrected chi connectivity index (χ4v) is 5.72. The first-order valence-electron chi connectivity index (χ1n) is 13.3. The SMILES string of the molecule is COc1cc(CCc2ccccc2OCC[C@@]23OC(=O)CC4(O)CC(=O)OC2(OC4=O)[C@H](O)CN3C)cc(OC)c1. The van der Waals surface area contributed by atoms with Gasteiger partial charge in [0.05, 0.1) is 33.7 Å². The molecule has 2 bridgehead atoms. The minimum absolute atomic E-state index is 0.0601. The highest BCUT2D eigenvalue weighted by Gasteiger charge is 2.75. The van der Waals surface area contributed by atoms with Gasteiger partial charge in [-0.25, -0.2) is 4.79 Å². The van der Waals surface area contributed by atoms with Gasteiger partial charge in [0.1, 0.15) is 23.4 Å². The van der Waals surface area contributed by atoms with E-state index in [1.165, 1.54) is 4.90 Å². The number of para-hydroxylation sites is 1. The number of hydrogen-bond acceptors (Lipinski definition) is 12. The number of aliphatic hydroxyl groups excluding tert-OH is 1. The molecule has 12 nitrogen and oxygen atoms in total. The minimum atomic E-state index is -2.45. The van der Waals surface area contributed by atoms with E-state index in [1.54, 1.807) is 33.4 Å². The maximum Gasteiger partial charge on any atom is 0.342 e. The molecule has 1 spiro atoms. The van der Waals surface area contributed by atoms with Gasteiger partial charge in [-0.15, -0.1) is 0 Å². The van der Waals surface area contributed by atoms with Crippen molar-refractivity contribution in [3.05, 3.63) is 53.6 Å². The van der Waals surface area contributed by atoms with Crippen LogP contribution in [0.5, 0.6) is 17.2 Å². The Labute approximate surface area is 236 Å². The van der Waals surface area contributed by atoms with E-state index in [1.807, 2.05) is 30.3 Å². The molecule has 5 rings (SSSR count). The zero-order valence-electron chi connectivity index (χ0n) is 23.1. The summed E-state index contributed by atoms with van der Waals surface area (Å²) >= 11 is 0. The van der Waals surface area contributed by atoms with E-state index in [0.29, 0.717) is 30.1 Å². The summed E-state index contributed by atoms with van der Waals surface area (Å²) in [6.45, 7) is -0.206. The Morgan fingerprint density at radius 1 is 0.951 bits per heavy atom. The first-order valence-corrected chi connectivity index (χ1v) is 13.3. The summed E-state index contributed by atoms with van der Waals surface area (Å²) in [4.78, 5) is 40.0. The molecule has 3 fully saturated rings. The highest BCUT2D eigenvalue weighted by atomic mass is 16.8. The monoisotopic (exact) mass is 571 g/mol. The van der Waals surface area contributed by atoms with Gasteiger partial charge in [-0.1, -0.05) is 18.2 Å². The predicted molar refractivity (Wildman–Crippen MR) is 140 cm³/mol. The number of methoxy groups -OCH3 is 2. The molecule has 0 radical (unpaired) electrons. The van der Waals surface area contributed by atoms with Crippen LogP contribution in [0.1, 0.15) is 30.4 Å². The van der Waals surface area contributed by atoms with Crippen LogP contribution in [0.15, 0.2) is 42.5 Å². The molecule has 2 aromatic rings. The average molecular weight is 572 g/mol. The van der Waals surface area contributed by atoms with Crippen LogP contribution in [-0.2, 0) is 41.4 Å². The standard InChI is InChI=1S/C29H33NO11/c1-30-17-23(31)29-28(30,39-24(32)15-27(35,26(34)41-29)16-25(33)40-29)10-11-38-22-7-5-4-6-19(22)9-8-18-12-20(36-2)14-21(13-18)37-3/h4-7,12-14,23,31,35H,8-11,15-17H2,1-3H3/t23-,27?,28-,29?/m1/s1. The van der Waals surface area contributed by atoms with Crippen LogP contribution in [0.3, 0.4) is 0 Å². The summed E-state index contributed by atoms with van der Waals surface area (Å²) in [6.07, 6.45) is -2.00. The van der Waals surface area contributed by atoms with E-state index in [-0.39, 0.29) is 19.6 Å². The average Bonchev–Trinajstić information content (AvgIpc) is 3.06. The van der Waals surface area contributed by atoms with E-state index in [0.717, 1.165) is 11.1 Å². The van der Waals surface area contributed by atoms with E-state index in [2.05, 4.69) is 0 Å². The predicted octanol–water partition coefficient (Wildman–Crippen LogP) is 1.12. The van der Waals surface area contributed by atoms with Gasteiger partial charge in [-0.3, -0.25) is 14.5 Å². The molecule has 3 heterocycles. The molecule has 3 aliphatic heterocycles. The number of carbonyl (C=O) groups excluding carboxylic acids is 3. The van der Waals surface area contributed by atoms with Gasteiger partial charge in [0.2, 0.25) is 5.72 Å². The lowest BCUT2D eigenvalue weighted by Crippen LogP contribution is -2.67. The Kier molecular flexibility index (Phi) is 7.58. The smallest absolute Gasteiger partial charge is 0.342 e. The largest absolute Gasteiger partial charge is 0.497 e. The lowest BCUT2D eigenvalue weighted by Gasteiger charge is -2.46. The lowest BCUT2D eigenvalue weighted by atomic mass is 9.93. The van der Waals surface area contributed by atoms with Crippen LogP contribution in [0, 0.1) is 0 Å². The third-order valence-corrected chi connectivity index (χ3v) is 7.86. The fourth-order valence-electron chi connectivity index (χ4n) is 5.72. The number of carbonyl (C=O) groups is 3. The number of likely N-dealkylation sites (N-methyl/N-ethyl adjacent to an activating group) is 1. The molecule has 41 heavy (non-hydrogen) atoms. The summed E-state index contributed by atoms with van der Waals surface area (Å²) in [5.41, 5.74) is -2.43. The molecule has 220 valence electrons. The Bertz CT molecular complexity index is 1330. The van der Waals surface area contributed by atoms with Crippen molar-refractivity contribution in [2.24, 2.45) is 0 Å². The number of likely N-dealkylation sites (tertiary alicyclic amines) is 1. The van der Waals surface area contributed by atoms with Crippen LogP contribution >= 0.6 is 0 Å². The first kappa shape index (κ1) is 28.7. The van der Waals surface area contributed by atoms with Gasteiger partial charge in [0.25, 0.3) is 0 Å². The van der Waals surface area contributed by atoms with Gasteiger partial charge in [-0.2, -0.15) is 0 Å². The van der Waals surface area contributed by atoms with E-state index >= 15 is 0 Å². The number of β-amino-alcohol motifs (C(OH)–C–C–N with tert-alkyl or cyclic N) is 1. The Morgan fingerprint density at radius 2 is 1.61 bits per heavy atom. The van der Waals surface area contributed by atoms with Gasteiger partial charge in [-0.05, 0) is 49.2 Å². The Balaban J connectivity index is 1.37. The second kappa shape index (κ2) is 10.8. The van der Waals surface area contributed by atoms with Gasteiger partial charge in [0, 0.05) is 19.0 Å². The van der Waals surface area contributed by atoms with Gasteiger partial charge >= 0.3 is 23.7 Å². The van der Waals surface area contributed by atoms with Gasteiger partial charge < -0.3 is 38.6 Å². The van der Waals surface area contributed by atoms with Crippen LogP contribution < -0.4 is 14.2 Å².